The maximum Gasteiger partial charge on any atom is 0.220 e. The van der Waals surface area contributed by atoms with E-state index in [0.717, 1.165) is 17.7 Å². The van der Waals surface area contributed by atoms with Crippen LogP contribution in [0, 0.1) is 5.92 Å². The van der Waals surface area contributed by atoms with Gasteiger partial charge in [0.1, 0.15) is 5.75 Å². The fourth-order valence-electron chi connectivity index (χ4n) is 2.67. The zero-order valence-corrected chi connectivity index (χ0v) is 14.7. The summed E-state index contributed by atoms with van der Waals surface area (Å²) in [5.74, 6) is 1.51. The molecule has 1 N–H and O–H groups in total. The van der Waals surface area contributed by atoms with Gasteiger partial charge in [-0.2, -0.15) is 0 Å². The Hall–Kier alpha value is -2.36. The monoisotopic (exact) mass is 326 g/mol. The number of carbonyl (C=O) groups is 1. The van der Waals surface area contributed by atoms with E-state index < -0.39 is 0 Å². The highest BCUT2D eigenvalue weighted by Gasteiger charge is 2.15. The molecule has 1 atom stereocenters. The number of benzene rings is 1. The highest BCUT2D eigenvalue weighted by atomic mass is 16.5. The number of amides is 1. The Balaban J connectivity index is 2.09. The van der Waals surface area contributed by atoms with Crippen molar-refractivity contribution in [1.29, 1.82) is 0 Å². The lowest BCUT2D eigenvalue weighted by Gasteiger charge is -2.19. The number of pyridine rings is 1. The molecule has 24 heavy (non-hydrogen) atoms. The third kappa shape index (κ3) is 5.69. The van der Waals surface area contributed by atoms with Crippen LogP contribution in [-0.4, -0.2) is 24.5 Å². The molecule has 0 spiro atoms. The van der Waals surface area contributed by atoms with Crippen molar-refractivity contribution in [3.63, 3.8) is 0 Å². The van der Waals surface area contributed by atoms with E-state index in [1.807, 2.05) is 24.4 Å². The highest BCUT2D eigenvalue weighted by Crippen LogP contribution is 2.23. The number of rotatable bonds is 8. The average Bonchev–Trinajstić information content (AvgIpc) is 2.59. The minimum absolute atomic E-state index is 0.106. The summed E-state index contributed by atoms with van der Waals surface area (Å²) in [6.45, 7) is 4.72. The van der Waals surface area contributed by atoms with Gasteiger partial charge in [0.25, 0.3) is 0 Å². The van der Waals surface area contributed by atoms with Crippen LogP contribution in [0.15, 0.2) is 48.8 Å². The Morgan fingerprint density at radius 1 is 1.21 bits per heavy atom. The summed E-state index contributed by atoms with van der Waals surface area (Å²) in [7, 11) is 1.66. The second-order valence-electron chi connectivity index (χ2n) is 6.44. The van der Waals surface area contributed by atoms with Crippen molar-refractivity contribution in [2.24, 2.45) is 5.92 Å². The number of methoxy groups -OCH3 is 1. The van der Waals surface area contributed by atoms with Crippen molar-refractivity contribution in [2.45, 2.75) is 32.6 Å². The van der Waals surface area contributed by atoms with Crippen LogP contribution in [0.3, 0.4) is 0 Å². The standard InChI is InChI=1S/C20H26N2O2/c1-15(2)11-20(23)22-14-18(12-16-5-4-10-21-13-16)17-6-8-19(24-3)9-7-17/h4-10,13,15,18H,11-12,14H2,1-3H3,(H,22,23). The van der Waals surface area contributed by atoms with Crippen LogP contribution in [0.25, 0.3) is 0 Å². The SMILES string of the molecule is COc1ccc(C(CNC(=O)CC(C)C)Cc2cccnc2)cc1. The van der Waals surface area contributed by atoms with Crippen LogP contribution < -0.4 is 10.1 Å². The number of aromatic nitrogens is 1. The number of hydrogen-bond acceptors (Lipinski definition) is 3. The lowest BCUT2D eigenvalue weighted by atomic mass is 9.92. The van der Waals surface area contributed by atoms with Crippen LogP contribution in [-0.2, 0) is 11.2 Å². The van der Waals surface area contributed by atoms with Gasteiger partial charge in [-0.1, -0.05) is 32.0 Å². The maximum absolute atomic E-state index is 12.0. The Morgan fingerprint density at radius 2 is 1.96 bits per heavy atom. The van der Waals surface area contributed by atoms with E-state index in [1.54, 1.807) is 13.3 Å². The van der Waals surface area contributed by atoms with Gasteiger partial charge >= 0.3 is 0 Å². The smallest absolute Gasteiger partial charge is 0.220 e. The topological polar surface area (TPSA) is 51.2 Å². The van der Waals surface area contributed by atoms with E-state index >= 15 is 0 Å². The molecule has 0 bridgehead atoms. The van der Waals surface area contributed by atoms with E-state index in [4.69, 9.17) is 4.74 Å². The summed E-state index contributed by atoms with van der Waals surface area (Å²) in [6, 6.07) is 12.1. The van der Waals surface area contributed by atoms with Crippen LogP contribution in [0.5, 0.6) is 5.75 Å². The molecule has 4 heteroatoms. The predicted octanol–water partition coefficient (Wildman–Crippen LogP) is 3.58. The molecule has 4 nitrogen and oxygen atoms in total. The van der Waals surface area contributed by atoms with Crippen LogP contribution in [0.2, 0.25) is 0 Å². The Kier molecular flexibility index (Phi) is 6.79. The van der Waals surface area contributed by atoms with E-state index in [-0.39, 0.29) is 11.8 Å². The fraction of sp³-hybridized carbons (Fsp3) is 0.400. The first-order valence-electron chi connectivity index (χ1n) is 8.38. The Labute approximate surface area is 144 Å². The molecule has 0 aliphatic carbocycles. The Morgan fingerprint density at radius 3 is 2.54 bits per heavy atom. The molecule has 2 aromatic rings. The van der Waals surface area contributed by atoms with Gasteiger partial charge in [0, 0.05) is 31.3 Å². The van der Waals surface area contributed by atoms with Crippen molar-refractivity contribution in [2.75, 3.05) is 13.7 Å². The van der Waals surface area contributed by atoms with Crippen LogP contribution in [0.4, 0.5) is 0 Å². The second-order valence-corrected chi connectivity index (χ2v) is 6.44. The van der Waals surface area contributed by atoms with Gasteiger partial charge in [-0.25, -0.2) is 0 Å². The molecule has 1 heterocycles. The van der Waals surface area contributed by atoms with E-state index in [2.05, 4.69) is 42.3 Å². The lowest BCUT2D eigenvalue weighted by Crippen LogP contribution is -2.30. The van der Waals surface area contributed by atoms with Crippen molar-refractivity contribution < 1.29 is 9.53 Å². The third-order valence-corrected chi connectivity index (χ3v) is 3.93. The minimum atomic E-state index is 0.106. The number of ether oxygens (including phenoxy) is 1. The molecular formula is C20H26N2O2. The Bertz CT molecular complexity index is 624. The number of nitrogens with zero attached hydrogens (tertiary/aromatic N) is 1. The summed E-state index contributed by atoms with van der Waals surface area (Å²) < 4.78 is 5.23. The number of hydrogen-bond donors (Lipinski definition) is 1. The molecule has 1 unspecified atom stereocenters. The first-order chi connectivity index (χ1) is 11.6. The average molecular weight is 326 g/mol. The summed E-state index contributed by atoms with van der Waals surface area (Å²) in [5, 5.41) is 3.07. The predicted molar refractivity (Wildman–Crippen MR) is 96.1 cm³/mol. The zero-order chi connectivity index (χ0) is 17.4. The maximum atomic E-state index is 12.0. The first kappa shape index (κ1) is 18.0. The molecule has 0 aliphatic rings. The van der Waals surface area contributed by atoms with Crippen LogP contribution >= 0.6 is 0 Å². The summed E-state index contributed by atoms with van der Waals surface area (Å²) in [4.78, 5) is 16.2. The molecule has 128 valence electrons. The zero-order valence-electron chi connectivity index (χ0n) is 14.7. The molecule has 0 aliphatic heterocycles. The van der Waals surface area contributed by atoms with Crippen molar-refractivity contribution in [3.05, 3.63) is 59.9 Å². The summed E-state index contributed by atoms with van der Waals surface area (Å²) in [6.07, 6.45) is 5.05. The van der Waals surface area contributed by atoms with Gasteiger partial charge in [-0.05, 0) is 41.7 Å². The molecule has 1 amide bonds. The molecule has 1 aromatic heterocycles. The van der Waals surface area contributed by atoms with Gasteiger partial charge < -0.3 is 10.1 Å². The number of carbonyl (C=O) groups excluding carboxylic acids is 1. The van der Waals surface area contributed by atoms with Crippen LogP contribution in [0.1, 0.15) is 37.3 Å². The van der Waals surface area contributed by atoms with E-state index in [9.17, 15) is 4.79 Å². The largest absolute Gasteiger partial charge is 0.497 e. The highest BCUT2D eigenvalue weighted by molar-refractivity contribution is 5.76. The first-order valence-corrected chi connectivity index (χ1v) is 8.38. The van der Waals surface area contributed by atoms with Crippen molar-refractivity contribution in [3.8, 4) is 5.75 Å². The normalized spacial score (nSPS) is 12.0. The van der Waals surface area contributed by atoms with E-state index in [0.29, 0.717) is 18.9 Å². The number of nitrogens with one attached hydrogen (secondary N) is 1. The third-order valence-electron chi connectivity index (χ3n) is 3.93. The fourth-order valence-corrected chi connectivity index (χ4v) is 2.67. The van der Waals surface area contributed by atoms with Gasteiger partial charge in [0.15, 0.2) is 0 Å². The van der Waals surface area contributed by atoms with Crippen molar-refractivity contribution in [1.82, 2.24) is 10.3 Å². The lowest BCUT2D eigenvalue weighted by molar-refractivity contribution is -0.121. The van der Waals surface area contributed by atoms with Gasteiger partial charge in [0.2, 0.25) is 5.91 Å². The van der Waals surface area contributed by atoms with E-state index in [1.165, 1.54) is 5.56 Å². The van der Waals surface area contributed by atoms with Gasteiger partial charge in [0.05, 0.1) is 7.11 Å². The second kappa shape index (κ2) is 9.06. The molecule has 0 fully saturated rings. The summed E-state index contributed by atoms with van der Waals surface area (Å²) in [5.41, 5.74) is 2.35. The molecule has 0 radical (unpaired) electrons. The molecule has 0 saturated carbocycles. The molecule has 0 saturated heterocycles. The minimum Gasteiger partial charge on any atom is -0.497 e. The summed E-state index contributed by atoms with van der Waals surface area (Å²) >= 11 is 0. The van der Waals surface area contributed by atoms with Gasteiger partial charge in [-0.15, -0.1) is 0 Å². The quantitative estimate of drug-likeness (QED) is 0.807. The van der Waals surface area contributed by atoms with Gasteiger partial charge in [-0.3, -0.25) is 9.78 Å². The molecule has 2 rings (SSSR count). The molecule has 1 aromatic carbocycles. The van der Waals surface area contributed by atoms with Crippen molar-refractivity contribution >= 4 is 5.91 Å². The molecular weight excluding hydrogens is 300 g/mol.